The minimum absolute atomic E-state index is 0.0146. The highest BCUT2D eigenvalue weighted by Crippen LogP contribution is 2.35. The van der Waals surface area contributed by atoms with Gasteiger partial charge in [0.15, 0.2) is 0 Å². The smallest absolute Gasteiger partial charge is 0.375 e. The predicted octanol–water partition coefficient (Wildman–Crippen LogP) is 2.78. The number of alkyl halides is 3. The monoisotopic (exact) mass is 289 g/mol. The van der Waals surface area contributed by atoms with Gasteiger partial charge in [-0.25, -0.2) is 0 Å². The molecule has 0 bridgehead atoms. The van der Waals surface area contributed by atoms with Crippen LogP contribution in [0.3, 0.4) is 0 Å². The van der Waals surface area contributed by atoms with Crippen LogP contribution in [-0.2, 0) is 6.18 Å². The molecule has 1 fully saturated rings. The number of hydrogen-bond acceptors (Lipinski definition) is 4. The van der Waals surface area contributed by atoms with Gasteiger partial charge in [0.25, 0.3) is 5.69 Å². The third-order valence-corrected chi connectivity index (χ3v) is 3.18. The molecule has 0 spiro atoms. The van der Waals surface area contributed by atoms with Crippen molar-refractivity contribution in [3.63, 3.8) is 0 Å². The van der Waals surface area contributed by atoms with Gasteiger partial charge in [-0.05, 0) is 31.5 Å². The summed E-state index contributed by atoms with van der Waals surface area (Å²) < 4.78 is 37.7. The third-order valence-electron chi connectivity index (χ3n) is 3.18. The molecule has 1 aromatic carbocycles. The van der Waals surface area contributed by atoms with Crippen LogP contribution in [0.5, 0.6) is 0 Å². The largest absolute Gasteiger partial charge is 0.416 e. The fourth-order valence-corrected chi connectivity index (χ4v) is 2.18. The van der Waals surface area contributed by atoms with Crippen molar-refractivity contribution in [1.29, 1.82) is 0 Å². The molecular formula is C12H14F3N3O2. The molecule has 5 nitrogen and oxygen atoms in total. The molecule has 110 valence electrons. The van der Waals surface area contributed by atoms with Gasteiger partial charge in [-0.2, -0.15) is 13.2 Å². The van der Waals surface area contributed by atoms with E-state index in [0.717, 1.165) is 31.5 Å². The standard InChI is InChI=1S/C12H14F3N3O2/c13-12(14,15)8-3-4-10(11(6-8)18(19)20)17-9-2-1-5-16-7-9/h3-4,6,9,16-17H,1-2,5,7H2. The van der Waals surface area contributed by atoms with E-state index in [2.05, 4.69) is 10.6 Å². The van der Waals surface area contributed by atoms with Gasteiger partial charge in [0.2, 0.25) is 0 Å². The first-order valence-electron chi connectivity index (χ1n) is 6.21. The van der Waals surface area contributed by atoms with E-state index in [1.807, 2.05) is 0 Å². The van der Waals surface area contributed by atoms with E-state index in [1.54, 1.807) is 0 Å². The lowest BCUT2D eigenvalue weighted by Gasteiger charge is -2.24. The molecule has 0 amide bonds. The first-order valence-corrected chi connectivity index (χ1v) is 6.21. The van der Waals surface area contributed by atoms with Crippen LogP contribution in [0.25, 0.3) is 0 Å². The Bertz CT molecular complexity index is 499. The molecule has 1 heterocycles. The van der Waals surface area contributed by atoms with Crippen LogP contribution >= 0.6 is 0 Å². The first kappa shape index (κ1) is 14.6. The van der Waals surface area contributed by atoms with Gasteiger partial charge in [-0.3, -0.25) is 10.1 Å². The van der Waals surface area contributed by atoms with E-state index in [9.17, 15) is 23.3 Å². The van der Waals surface area contributed by atoms with Gasteiger partial charge in [-0.1, -0.05) is 0 Å². The van der Waals surface area contributed by atoms with Crippen molar-refractivity contribution in [1.82, 2.24) is 5.32 Å². The molecule has 1 atom stereocenters. The molecule has 1 aliphatic heterocycles. The maximum absolute atomic E-state index is 12.6. The molecule has 1 saturated heterocycles. The van der Waals surface area contributed by atoms with Crippen LogP contribution in [0.4, 0.5) is 24.5 Å². The van der Waals surface area contributed by atoms with Crippen molar-refractivity contribution in [2.45, 2.75) is 25.1 Å². The number of nitro benzene ring substituents is 1. The van der Waals surface area contributed by atoms with Crippen LogP contribution in [0, 0.1) is 10.1 Å². The Hall–Kier alpha value is -1.83. The highest BCUT2D eigenvalue weighted by atomic mass is 19.4. The Morgan fingerprint density at radius 3 is 2.70 bits per heavy atom. The minimum Gasteiger partial charge on any atom is -0.375 e. The summed E-state index contributed by atoms with van der Waals surface area (Å²) in [6.07, 6.45) is -2.84. The van der Waals surface area contributed by atoms with Crippen molar-refractivity contribution in [2.75, 3.05) is 18.4 Å². The van der Waals surface area contributed by atoms with Crippen LogP contribution in [0.15, 0.2) is 18.2 Å². The lowest BCUT2D eigenvalue weighted by atomic mass is 10.1. The Labute approximate surface area is 113 Å². The molecule has 2 N–H and O–H groups in total. The lowest BCUT2D eigenvalue weighted by molar-refractivity contribution is -0.384. The molecule has 2 rings (SSSR count). The number of nitrogens with zero attached hydrogens (tertiary/aromatic N) is 1. The molecule has 8 heteroatoms. The van der Waals surface area contributed by atoms with E-state index >= 15 is 0 Å². The van der Waals surface area contributed by atoms with E-state index in [4.69, 9.17) is 0 Å². The van der Waals surface area contributed by atoms with E-state index in [0.29, 0.717) is 12.6 Å². The topological polar surface area (TPSA) is 67.2 Å². The molecule has 0 radical (unpaired) electrons. The second-order valence-electron chi connectivity index (χ2n) is 4.67. The summed E-state index contributed by atoms with van der Waals surface area (Å²) in [5.74, 6) is 0. The number of nitrogens with one attached hydrogen (secondary N) is 2. The average molecular weight is 289 g/mol. The average Bonchev–Trinajstić information content (AvgIpc) is 2.38. The van der Waals surface area contributed by atoms with Crippen molar-refractivity contribution < 1.29 is 18.1 Å². The number of halogens is 3. The zero-order chi connectivity index (χ0) is 14.8. The highest BCUT2D eigenvalue weighted by molar-refractivity contribution is 5.63. The number of benzene rings is 1. The Morgan fingerprint density at radius 2 is 2.15 bits per heavy atom. The maximum Gasteiger partial charge on any atom is 0.416 e. The number of hydrogen-bond donors (Lipinski definition) is 2. The number of anilines is 1. The quantitative estimate of drug-likeness (QED) is 0.663. The Kier molecular flexibility index (Phi) is 4.12. The fourth-order valence-electron chi connectivity index (χ4n) is 2.18. The molecule has 1 aromatic rings. The van der Waals surface area contributed by atoms with Gasteiger partial charge in [-0.15, -0.1) is 0 Å². The number of nitro groups is 1. The number of piperidine rings is 1. The van der Waals surface area contributed by atoms with Gasteiger partial charge in [0.05, 0.1) is 10.5 Å². The summed E-state index contributed by atoms with van der Waals surface area (Å²) in [6, 6.07) is 2.53. The molecule has 20 heavy (non-hydrogen) atoms. The Morgan fingerprint density at radius 1 is 1.40 bits per heavy atom. The zero-order valence-corrected chi connectivity index (χ0v) is 10.5. The van der Waals surface area contributed by atoms with Gasteiger partial charge < -0.3 is 10.6 Å². The van der Waals surface area contributed by atoms with Crippen molar-refractivity contribution in [2.24, 2.45) is 0 Å². The molecule has 0 aromatic heterocycles. The van der Waals surface area contributed by atoms with Crippen LogP contribution in [-0.4, -0.2) is 24.1 Å². The summed E-state index contributed by atoms with van der Waals surface area (Å²) in [7, 11) is 0. The summed E-state index contributed by atoms with van der Waals surface area (Å²) in [4.78, 5) is 10.1. The predicted molar refractivity (Wildman–Crippen MR) is 67.6 cm³/mol. The normalized spacial score (nSPS) is 19.6. The first-order chi connectivity index (χ1) is 9.38. The van der Waals surface area contributed by atoms with Crippen LogP contribution in [0.1, 0.15) is 18.4 Å². The molecular weight excluding hydrogens is 275 g/mol. The van der Waals surface area contributed by atoms with Crippen molar-refractivity contribution in [3.8, 4) is 0 Å². The Balaban J connectivity index is 2.25. The second-order valence-corrected chi connectivity index (χ2v) is 4.67. The van der Waals surface area contributed by atoms with Gasteiger partial charge in [0.1, 0.15) is 5.69 Å². The molecule has 0 aliphatic carbocycles. The van der Waals surface area contributed by atoms with E-state index < -0.39 is 22.4 Å². The summed E-state index contributed by atoms with van der Waals surface area (Å²) in [5, 5.41) is 17.0. The molecule has 0 saturated carbocycles. The van der Waals surface area contributed by atoms with Crippen LogP contribution in [0.2, 0.25) is 0 Å². The highest BCUT2D eigenvalue weighted by Gasteiger charge is 2.33. The van der Waals surface area contributed by atoms with E-state index in [1.165, 1.54) is 0 Å². The number of rotatable bonds is 3. The van der Waals surface area contributed by atoms with E-state index in [-0.39, 0.29) is 11.7 Å². The summed E-state index contributed by atoms with van der Waals surface area (Å²) in [6.45, 7) is 1.52. The van der Waals surface area contributed by atoms with Crippen molar-refractivity contribution in [3.05, 3.63) is 33.9 Å². The molecule has 1 aliphatic rings. The maximum atomic E-state index is 12.6. The minimum atomic E-state index is -4.59. The SMILES string of the molecule is O=[N+]([O-])c1cc(C(F)(F)F)ccc1NC1CCCNC1. The second kappa shape index (κ2) is 5.66. The fraction of sp³-hybridized carbons (Fsp3) is 0.500. The van der Waals surface area contributed by atoms with Crippen LogP contribution < -0.4 is 10.6 Å². The van der Waals surface area contributed by atoms with Crippen molar-refractivity contribution >= 4 is 11.4 Å². The summed E-state index contributed by atoms with van der Waals surface area (Å²) >= 11 is 0. The lowest BCUT2D eigenvalue weighted by Crippen LogP contribution is -2.38. The zero-order valence-electron chi connectivity index (χ0n) is 10.5. The third kappa shape index (κ3) is 3.38. The van der Waals surface area contributed by atoms with Gasteiger partial charge >= 0.3 is 6.18 Å². The molecule has 1 unspecified atom stereocenters. The summed E-state index contributed by atoms with van der Waals surface area (Å²) in [5.41, 5.74) is -1.45. The van der Waals surface area contributed by atoms with Gasteiger partial charge in [0, 0.05) is 18.7 Å².